The van der Waals surface area contributed by atoms with E-state index in [1.807, 2.05) is 42.5 Å². The second kappa shape index (κ2) is 15.1. The van der Waals surface area contributed by atoms with E-state index in [1.54, 1.807) is 61.9 Å². The van der Waals surface area contributed by atoms with Crippen molar-refractivity contribution >= 4 is 53.1 Å². The van der Waals surface area contributed by atoms with Crippen molar-refractivity contribution < 1.29 is 32.6 Å². The number of hydrogen-bond acceptors (Lipinski definition) is 6. The first-order chi connectivity index (χ1) is 23.8. The maximum absolute atomic E-state index is 15.1. The first kappa shape index (κ1) is 36.1. The van der Waals surface area contributed by atoms with Gasteiger partial charge in [0.1, 0.15) is 17.2 Å². The second-order valence-corrected chi connectivity index (χ2v) is 13.0. The van der Waals surface area contributed by atoms with Crippen molar-refractivity contribution in [3.8, 4) is 28.1 Å². The van der Waals surface area contributed by atoms with Crippen molar-refractivity contribution in [1.82, 2.24) is 9.55 Å². The van der Waals surface area contributed by atoms with Gasteiger partial charge >= 0.3 is 12.1 Å². The standard InChI is InChI=1S/C38H33Cl2F2N3O5/c1-38(2,3)50-37(47)44-30-16-12-24(18-32(30)48-4)23-9-6-22(7-10-23)8-17-33-43-31(27-15-13-26(39)19-29(27)40)21-45(33)20-25-11-14-28(36(46)49-5)35(42)34(25)41/h6-19,21H,20H2,1-5H3,(H,44,47)/b17-8+. The van der Waals surface area contributed by atoms with E-state index in [-0.39, 0.29) is 12.1 Å². The molecule has 0 aliphatic carbocycles. The number of methoxy groups -OCH3 is 2. The molecule has 0 bridgehead atoms. The fourth-order valence-corrected chi connectivity index (χ4v) is 5.53. The van der Waals surface area contributed by atoms with Crippen molar-refractivity contribution in [2.45, 2.75) is 32.9 Å². The number of carbonyl (C=O) groups excluding carboxylic acids is 2. The van der Waals surface area contributed by atoms with E-state index in [1.165, 1.54) is 19.2 Å². The summed E-state index contributed by atoms with van der Waals surface area (Å²) in [7, 11) is 2.61. The smallest absolute Gasteiger partial charge is 0.412 e. The van der Waals surface area contributed by atoms with Crippen LogP contribution in [-0.4, -0.2) is 41.4 Å². The summed E-state index contributed by atoms with van der Waals surface area (Å²) in [5, 5.41) is 3.54. The number of nitrogens with zero attached hydrogens (tertiary/aromatic N) is 2. The molecule has 12 heteroatoms. The number of hydrogen-bond donors (Lipinski definition) is 1. The quantitative estimate of drug-likeness (QED) is 0.153. The average Bonchev–Trinajstić information content (AvgIpc) is 3.47. The van der Waals surface area contributed by atoms with Crippen LogP contribution in [0.4, 0.5) is 19.3 Å². The Labute approximate surface area is 298 Å². The van der Waals surface area contributed by atoms with Gasteiger partial charge < -0.3 is 18.8 Å². The van der Waals surface area contributed by atoms with Crippen LogP contribution < -0.4 is 10.1 Å². The van der Waals surface area contributed by atoms with Gasteiger partial charge in [0, 0.05) is 22.3 Å². The molecular weight excluding hydrogens is 687 g/mol. The summed E-state index contributed by atoms with van der Waals surface area (Å²) < 4.78 is 47.0. The van der Waals surface area contributed by atoms with Gasteiger partial charge in [-0.1, -0.05) is 65.7 Å². The SMILES string of the molecule is COC(=O)c1ccc(Cn2cc(-c3ccc(Cl)cc3Cl)nc2/C=C/c2ccc(-c3ccc(NC(=O)OC(C)(C)C)c(OC)c3)cc2)c(F)c1F. The lowest BCUT2D eigenvalue weighted by Crippen LogP contribution is -2.27. The minimum atomic E-state index is -1.29. The maximum atomic E-state index is 15.1. The molecule has 0 aliphatic heterocycles. The van der Waals surface area contributed by atoms with Crippen molar-refractivity contribution in [2.75, 3.05) is 19.5 Å². The number of anilines is 1. The molecule has 1 amide bonds. The Hall–Kier alpha value is -5.19. The topological polar surface area (TPSA) is 91.7 Å². The number of aromatic nitrogens is 2. The lowest BCUT2D eigenvalue weighted by molar-refractivity contribution is 0.0592. The molecule has 258 valence electrons. The Morgan fingerprint density at radius 2 is 1.62 bits per heavy atom. The normalized spacial score (nSPS) is 11.5. The number of esters is 1. The van der Waals surface area contributed by atoms with E-state index in [0.717, 1.165) is 23.8 Å². The molecule has 0 fully saturated rings. The van der Waals surface area contributed by atoms with Gasteiger partial charge in [0.25, 0.3) is 0 Å². The number of amides is 1. The van der Waals surface area contributed by atoms with Gasteiger partial charge in [0.2, 0.25) is 0 Å². The molecule has 4 aromatic carbocycles. The zero-order chi connectivity index (χ0) is 36.2. The Bertz CT molecular complexity index is 2090. The number of nitrogens with one attached hydrogen (secondary N) is 1. The van der Waals surface area contributed by atoms with Crippen LogP contribution in [0.5, 0.6) is 5.75 Å². The van der Waals surface area contributed by atoms with Crippen LogP contribution in [0.15, 0.2) is 79.0 Å². The van der Waals surface area contributed by atoms with E-state index in [0.29, 0.717) is 38.6 Å². The molecule has 1 aromatic heterocycles. The van der Waals surface area contributed by atoms with Crippen molar-refractivity contribution in [3.05, 3.63) is 123 Å². The van der Waals surface area contributed by atoms with E-state index in [2.05, 4.69) is 10.1 Å². The van der Waals surface area contributed by atoms with Crippen LogP contribution in [0, 0.1) is 11.6 Å². The highest BCUT2D eigenvalue weighted by molar-refractivity contribution is 6.36. The molecule has 5 rings (SSSR count). The highest BCUT2D eigenvalue weighted by Crippen LogP contribution is 2.33. The number of halogens is 4. The fraction of sp³-hybridized carbons (Fsp3) is 0.184. The summed E-state index contributed by atoms with van der Waals surface area (Å²) >= 11 is 12.6. The third-order valence-electron chi connectivity index (χ3n) is 7.43. The lowest BCUT2D eigenvalue weighted by atomic mass is 10.0. The first-order valence-electron chi connectivity index (χ1n) is 15.3. The fourth-order valence-electron chi connectivity index (χ4n) is 5.02. The van der Waals surface area contributed by atoms with Crippen LogP contribution in [0.25, 0.3) is 34.5 Å². The Morgan fingerprint density at radius 3 is 2.28 bits per heavy atom. The number of imidazole rings is 1. The number of ether oxygens (including phenoxy) is 3. The molecule has 1 N–H and O–H groups in total. The van der Waals surface area contributed by atoms with E-state index < -0.39 is 34.9 Å². The van der Waals surface area contributed by atoms with Gasteiger partial charge in [-0.3, -0.25) is 5.32 Å². The lowest BCUT2D eigenvalue weighted by Gasteiger charge is -2.20. The van der Waals surface area contributed by atoms with Crippen LogP contribution in [0.1, 0.15) is 48.1 Å². The van der Waals surface area contributed by atoms with Crippen LogP contribution in [0.3, 0.4) is 0 Å². The average molecular weight is 721 g/mol. The van der Waals surface area contributed by atoms with Crippen LogP contribution >= 0.6 is 23.2 Å². The molecule has 0 unspecified atom stereocenters. The Morgan fingerprint density at radius 1 is 0.900 bits per heavy atom. The molecule has 50 heavy (non-hydrogen) atoms. The highest BCUT2D eigenvalue weighted by atomic mass is 35.5. The van der Waals surface area contributed by atoms with Gasteiger partial charge in [0.05, 0.1) is 42.7 Å². The van der Waals surface area contributed by atoms with E-state index >= 15 is 4.39 Å². The maximum Gasteiger partial charge on any atom is 0.412 e. The van der Waals surface area contributed by atoms with Gasteiger partial charge in [-0.15, -0.1) is 0 Å². The molecule has 0 aliphatic rings. The van der Waals surface area contributed by atoms with Gasteiger partial charge in [-0.05, 0) is 79.9 Å². The summed E-state index contributed by atoms with van der Waals surface area (Å²) in [5.41, 5.74) is 3.03. The zero-order valence-corrected chi connectivity index (χ0v) is 29.3. The Kier molecular flexibility index (Phi) is 10.9. The summed E-state index contributed by atoms with van der Waals surface area (Å²) in [4.78, 5) is 28.9. The number of benzene rings is 4. The van der Waals surface area contributed by atoms with Crippen molar-refractivity contribution in [3.63, 3.8) is 0 Å². The van der Waals surface area contributed by atoms with Crippen molar-refractivity contribution in [1.29, 1.82) is 0 Å². The molecule has 0 atom stereocenters. The molecule has 0 spiro atoms. The molecular formula is C38H33Cl2F2N3O5. The summed E-state index contributed by atoms with van der Waals surface area (Å²) in [6.07, 6.45) is 4.68. The predicted octanol–water partition coefficient (Wildman–Crippen LogP) is 10.2. The van der Waals surface area contributed by atoms with Crippen LogP contribution in [0.2, 0.25) is 10.0 Å². The third-order valence-corrected chi connectivity index (χ3v) is 7.98. The monoisotopic (exact) mass is 719 g/mol. The molecule has 0 saturated carbocycles. The zero-order valence-electron chi connectivity index (χ0n) is 27.8. The largest absolute Gasteiger partial charge is 0.495 e. The summed E-state index contributed by atoms with van der Waals surface area (Å²) in [6.45, 7) is 5.26. The summed E-state index contributed by atoms with van der Waals surface area (Å²) in [5.74, 6) is -2.53. The summed E-state index contributed by atoms with van der Waals surface area (Å²) in [6, 6.07) is 20.6. The first-order valence-corrected chi connectivity index (χ1v) is 16.1. The molecule has 1 heterocycles. The minimum absolute atomic E-state index is 0.00282. The molecule has 5 aromatic rings. The predicted molar refractivity (Wildman–Crippen MR) is 192 cm³/mol. The third kappa shape index (κ3) is 8.50. The van der Waals surface area contributed by atoms with E-state index in [4.69, 9.17) is 37.7 Å². The molecule has 8 nitrogen and oxygen atoms in total. The van der Waals surface area contributed by atoms with Gasteiger partial charge in [-0.2, -0.15) is 0 Å². The van der Waals surface area contributed by atoms with E-state index in [9.17, 15) is 14.0 Å². The van der Waals surface area contributed by atoms with Crippen LogP contribution in [-0.2, 0) is 16.0 Å². The molecule has 0 radical (unpaired) electrons. The number of carbonyl (C=O) groups is 2. The van der Waals surface area contributed by atoms with Crippen molar-refractivity contribution in [2.24, 2.45) is 0 Å². The molecule has 0 saturated heterocycles. The number of rotatable bonds is 9. The highest BCUT2D eigenvalue weighted by Gasteiger charge is 2.21. The van der Waals surface area contributed by atoms with Gasteiger partial charge in [-0.25, -0.2) is 23.4 Å². The second-order valence-electron chi connectivity index (χ2n) is 12.1. The van der Waals surface area contributed by atoms with Gasteiger partial charge in [0.15, 0.2) is 11.6 Å². The minimum Gasteiger partial charge on any atom is -0.495 e. The Balaban J connectivity index is 1.42.